The monoisotopic (exact) mass is 286 g/mol. The molecule has 4 nitrogen and oxygen atoms in total. The van der Waals surface area contributed by atoms with Crippen molar-refractivity contribution in [1.82, 2.24) is 19.7 Å². The number of halogens is 1. The minimum absolute atomic E-state index is 0.391. The van der Waals surface area contributed by atoms with E-state index in [-0.39, 0.29) is 0 Å². The highest BCUT2D eigenvalue weighted by atomic mass is 79.9. The molecule has 0 aliphatic carbocycles. The average molecular weight is 287 g/mol. The Morgan fingerprint density at radius 3 is 3.06 bits per heavy atom. The average Bonchev–Trinajstić information content (AvgIpc) is 2.66. The van der Waals surface area contributed by atoms with Crippen molar-refractivity contribution in [3.63, 3.8) is 0 Å². The summed E-state index contributed by atoms with van der Waals surface area (Å²) in [5.74, 6) is 1.08. The second-order valence-corrected chi connectivity index (χ2v) is 5.98. The van der Waals surface area contributed by atoms with Crippen molar-refractivity contribution in [1.29, 1.82) is 0 Å². The summed E-state index contributed by atoms with van der Waals surface area (Å²) in [7, 11) is 0. The van der Waals surface area contributed by atoms with Crippen molar-refractivity contribution in [2.45, 2.75) is 44.1 Å². The van der Waals surface area contributed by atoms with Crippen LogP contribution >= 0.6 is 15.9 Å². The van der Waals surface area contributed by atoms with E-state index in [4.69, 9.17) is 0 Å². The predicted octanol–water partition coefficient (Wildman–Crippen LogP) is 2.22. The molecule has 2 heterocycles. The molecule has 1 unspecified atom stereocenters. The number of hydrogen-bond donors (Lipinski definition) is 0. The van der Waals surface area contributed by atoms with E-state index in [0.29, 0.717) is 10.9 Å². The van der Waals surface area contributed by atoms with Gasteiger partial charge in [0.15, 0.2) is 0 Å². The van der Waals surface area contributed by atoms with E-state index in [2.05, 4.69) is 44.8 Å². The van der Waals surface area contributed by atoms with E-state index in [0.717, 1.165) is 18.9 Å². The fourth-order valence-corrected chi connectivity index (χ4v) is 2.89. The van der Waals surface area contributed by atoms with Gasteiger partial charge in [-0.2, -0.15) is 5.10 Å². The second-order valence-electron chi connectivity index (χ2n) is 4.69. The van der Waals surface area contributed by atoms with Crippen molar-refractivity contribution in [3.05, 3.63) is 12.2 Å². The van der Waals surface area contributed by atoms with Crippen LogP contribution in [0, 0.1) is 0 Å². The van der Waals surface area contributed by atoms with Crippen LogP contribution < -0.4 is 0 Å². The SMILES string of the molecule is CC(C)n1ncnc1CN1CCCC(Br)C1. The Balaban J connectivity index is 2.00. The van der Waals surface area contributed by atoms with Crippen LogP contribution in [0.4, 0.5) is 0 Å². The molecule has 0 spiro atoms. The van der Waals surface area contributed by atoms with Gasteiger partial charge in [0.05, 0.1) is 6.54 Å². The van der Waals surface area contributed by atoms with Crippen molar-refractivity contribution in [2.75, 3.05) is 13.1 Å². The van der Waals surface area contributed by atoms with Crippen LogP contribution in [0.15, 0.2) is 6.33 Å². The lowest BCUT2D eigenvalue weighted by atomic mass is 10.1. The highest BCUT2D eigenvalue weighted by molar-refractivity contribution is 9.09. The van der Waals surface area contributed by atoms with Crippen molar-refractivity contribution < 1.29 is 0 Å². The Morgan fingerprint density at radius 2 is 2.38 bits per heavy atom. The summed E-state index contributed by atoms with van der Waals surface area (Å²) in [6.07, 6.45) is 4.21. The minimum Gasteiger partial charge on any atom is -0.295 e. The molecule has 1 saturated heterocycles. The zero-order chi connectivity index (χ0) is 11.5. The highest BCUT2D eigenvalue weighted by Gasteiger charge is 2.19. The van der Waals surface area contributed by atoms with Crippen LogP contribution in [0.25, 0.3) is 0 Å². The lowest BCUT2D eigenvalue weighted by molar-refractivity contribution is 0.217. The van der Waals surface area contributed by atoms with Gasteiger partial charge < -0.3 is 0 Å². The molecule has 0 amide bonds. The number of likely N-dealkylation sites (tertiary alicyclic amines) is 1. The van der Waals surface area contributed by atoms with Crippen LogP contribution in [0.5, 0.6) is 0 Å². The zero-order valence-corrected chi connectivity index (χ0v) is 11.5. The first-order chi connectivity index (χ1) is 7.66. The summed E-state index contributed by atoms with van der Waals surface area (Å²) in [4.78, 5) is 7.44. The third-order valence-electron chi connectivity index (χ3n) is 2.95. The van der Waals surface area contributed by atoms with E-state index >= 15 is 0 Å². The highest BCUT2D eigenvalue weighted by Crippen LogP contribution is 2.18. The molecule has 0 bridgehead atoms. The molecule has 1 aromatic rings. The Kier molecular flexibility index (Phi) is 3.97. The summed E-state index contributed by atoms with van der Waals surface area (Å²) in [6.45, 7) is 7.49. The molecule has 5 heteroatoms. The van der Waals surface area contributed by atoms with Gasteiger partial charge in [0, 0.05) is 17.4 Å². The first kappa shape index (κ1) is 12.0. The molecule has 0 N–H and O–H groups in total. The van der Waals surface area contributed by atoms with E-state index in [9.17, 15) is 0 Å². The summed E-state index contributed by atoms with van der Waals surface area (Å²) in [5.41, 5.74) is 0. The molecule has 1 aliphatic rings. The Hall–Kier alpha value is -0.420. The topological polar surface area (TPSA) is 34.0 Å². The third-order valence-corrected chi connectivity index (χ3v) is 3.70. The van der Waals surface area contributed by atoms with Gasteiger partial charge in [0.1, 0.15) is 12.2 Å². The van der Waals surface area contributed by atoms with Gasteiger partial charge in [-0.25, -0.2) is 9.67 Å². The Labute approximate surface area is 105 Å². The van der Waals surface area contributed by atoms with Crippen molar-refractivity contribution in [2.24, 2.45) is 0 Å². The van der Waals surface area contributed by atoms with Gasteiger partial charge in [0.2, 0.25) is 0 Å². The first-order valence-electron chi connectivity index (χ1n) is 5.91. The van der Waals surface area contributed by atoms with Crippen molar-refractivity contribution >= 4 is 15.9 Å². The lowest BCUT2D eigenvalue weighted by Crippen LogP contribution is -2.36. The Bertz CT molecular complexity index is 336. The smallest absolute Gasteiger partial charge is 0.141 e. The van der Waals surface area contributed by atoms with Crippen LogP contribution in [-0.2, 0) is 6.54 Å². The maximum atomic E-state index is 4.35. The number of rotatable bonds is 3. The Morgan fingerprint density at radius 1 is 1.56 bits per heavy atom. The van der Waals surface area contributed by atoms with E-state index < -0.39 is 0 Å². The molecule has 1 aliphatic heterocycles. The molecule has 1 fully saturated rings. The fraction of sp³-hybridized carbons (Fsp3) is 0.818. The summed E-state index contributed by atoms with van der Waals surface area (Å²) >= 11 is 3.70. The van der Waals surface area contributed by atoms with Crippen LogP contribution in [0.2, 0.25) is 0 Å². The minimum atomic E-state index is 0.391. The number of nitrogens with zero attached hydrogens (tertiary/aromatic N) is 4. The van der Waals surface area contributed by atoms with Gasteiger partial charge in [-0.1, -0.05) is 15.9 Å². The maximum Gasteiger partial charge on any atom is 0.141 e. The molecular weight excluding hydrogens is 268 g/mol. The van der Waals surface area contributed by atoms with Gasteiger partial charge in [-0.05, 0) is 33.2 Å². The maximum absolute atomic E-state index is 4.35. The number of aromatic nitrogens is 3. The van der Waals surface area contributed by atoms with Crippen LogP contribution in [-0.4, -0.2) is 37.6 Å². The van der Waals surface area contributed by atoms with Crippen LogP contribution in [0.1, 0.15) is 38.6 Å². The summed E-state index contributed by atoms with van der Waals surface area (Å²) in [5, 5.41) is 4.27. The molecule has 0 aromatic carbocycles. The van der Waals surface area contributed by atoms with Gasteiger partial charge in [0.25, 0.3) is 0 Å². The first-order valence-corrected chi connectivity index (χ1v) is 6.83. The molecule has 90 valence electrons. The number of piperidine rings is 1. The molecule has 16 heavy (non-hydrogen) atoms. The third kappa shape index (κ3) is 2.83. The normalized spacial score (nSPS) is 22.9. The molecule has 2 rings (SSSR count). The van der Waals surface area contributed by atoms with E-state index in [1.54, 1.807) is 6.33 Å². The zero-order valence-electron chi connectivity index (χ0n) is 9.93. The fourth-order valence-electron chi connectivity index (χ4n) is 2.16. The predicted molar refractivity (Wildman–Crippen MR) is 67.6 cm³/mol. The molecule has 1 aromatic heterocycles. The van der Waals surface area contributed by atoms with E-state index in [1.165, 1.54) is 19.4 Å². The molecule has 1 atom stereocenters. The molecular formula is C11H19BrN4. The summed E-state index contributed by atoms with van der Waals surface area (Å²) < 4.78 is 2.01. The van der Waals surface area contributed by atoms with E-state index in [1.807, 2.05) is 4.68 Å². The van der Waals surface area contributed by atoms with Gasteiger partial charge in [-0.15, -0.1) is 0 Å². The largest absolute Gasteiger partial charge is 0.295 e. The quantitative estimate of drug-likeness (QED) is 0.799. The standard InChI is InChI=1S/C11H19BrN4/c1-9(2)16-11(13-8-14-16)7-15-5-3-4-10(12)6-15/h8-10H,3-7H2,1-2H3. The van der Waals surface area contributed by atoms with Crippen molar-refractivity contribution in [3.8, 4) is 0 Å². The summed E-state index contributed by atoms with van der Waals surface area (Å²) in [6, 6.07) is 0.391. The number of alkyl halides is 1. The molecule has 0 saturated carbocycles. The van der Waals surface area contributed by atoms with Gasteiger partial charge in [-0.3, -0.25) is 4.90 Å². The van der Waals surface area contributed by atoms with Crippen LogP contribution in [0.3, 0.4) is 0 Å². The number of hydrogen-bond acceptors (Lipinski definition) is 3. The second kappa shape index (κ2) is 5.27. The van der Waals surface area contributed by atoms with Gasteiger partial charge >= 0.3 is 0 Å². The lowest BCUT2D eigenvalue weighted by Gasteiger charge is -2.29. The molecule has 0 radical (unpaired) electrons.